The number of hydrogen-bond acceptors (Lipinski definition) is 5. The Labute approximate surface area is 393 Å². The minimum atomic E-state index is -4.66. The molecule has 0 saturated heterocycles. The zero-order valence-electron chi connectivity index (χ0n) is 42.5. The van der Waals surface area contributed by atoms with E-state index in [9.17, 15) is 19.1 Å². The largest absolute Gasteiger partial charge is 0.469 e. The van der Waals surface area contributed by atoms with E-state index in [2.05, 4.69) is 18.4 Å². The number of phosphoric ester groups is 1. The molecule has 1 atom stereocenters. The van der Waals surface area contributed by atoms with E-state index in [-0.39, 0.29) is 19.2 Å². The van der Waals surface area contributed by atoms with Crippen molar-refractivity contribution in [2.75, 3.05) is 19.8 Å². The van der Waals surface area contributed by atoms with Gasteiger partial charge in [0.25, 0.3) is 0 Å². The van der Waals surface area contributed by atoms with Crippen LogP contribution in [0.5, 0.6) is 0 Å². The van der Waals surface area contributed by atoms with Crippen molar-refractivity contribution in [3.05, 3.63) is 0 Å². The summed E-state index contributed by atoms with van der Waals surface area (Å²) in [6.45, 7) is 4.85. The van der Waals surface area contributed by atoms with Crippen LogP contribution in [0.3, 0.4) is 0 Å². The van der Waals surface area contributed by atoms with Crippen molar-refractivity contribution in [3.63, 3.8) is 0 Å². The van der Waals surface area contributed by atoms with Gasteiger partial charge in [0, 0.05) is 13.0 Å². The smallest absolute Gasteiger partial charge is 0.457 e. The third-order valence-electron chi connectivity index (χ3n) is 13.2. The zero-order valence-corrected chi connectivity index (χ0v) is 43.4. The fraction of sp³-hybridized carbons (Fsp3) is 0.982. The Kier molecular flexibility index (Phi) is 52.1. The standard InChI is InChI=1S/C55H111O7P/c1-3-5-7-9-11-13-15-17-19-21-23-25-26-27-28-29-30-31-32-34-36-38-40-42-44-46-48-50-55(56)62-54(53-61-63(57,58)59)52-60-51-49-47-45-43-41-39-37-35-33-24-22-20-18-16-14-12-10-8-6-4-2/h54H,3-53H2,1-2H3,(H2,57,58,59)/t54-/m1/s1. The molecule has 0 saturated carbocycles. The van der Waals surface area contributed by atoms with Crippen LogP contribution in [0.2, 0.25) is 0 Å². The van der Waals surface area contributed by atoms with Gasteiger partial charge < -0.3 is 19.3 Å². The molecule has 0 aromatic rings. The van der Waals surface area contributed by atoms with Gasteiger partial charge in [0.15, 0.2) is 0 Å². The molecule has 0 unspecified atom stereocenters. The molecule has 0 rings (SSSR count). The second-order valence-electron chi connectivity index (χ2n) is 19.6. The van der Waals surface area contributed by atoms with E-state index in [0.717, 1.165) is 32.1 Å². The number of unbranched alkanes of at least 4 members (excludes halogenated alkanes) is 45. The maximum atomic E-state index is 12.5. The van der Waals surface area contributed by atoms with Crippen molar-refractivity contribution < 1.29 is 33.1 Å². The van der Waals surface area contributed by atoms with Crippen molar-refractivity contribution in [3.8, 4) is 0 Å². The highest BCUT2D eigenvalue weighted by atomic mass is 31.2. The number of carbonyl (C=O) groups excluding carboxylic acids is 1. The lowest BCUT2D eigenvalue weighted by atomic mass is 10.0. The molecule has 0 amide bonds. The minimum absolute atomic E-state index is 0.0877. The summed E-state index contributed by atoms with van der Waals surface area (Å²) in [5.41, 5.74) is 0. The highest BCUT2D eigenvalue weighted by Crippen LogP contribution is 2.36. The van der Waals surface area contributed by atoms with Crippen LogP contribution < -0.4 is 0 Å². The van der Waals surface area contributed by atoms with Gasteiger partial charge in [0.1, 0.15) is 6.10 Å². The Bertz CT molecular complexity index is 927. The number of carbonyl (C=O) groups is 1. The summed E-state index contributed by atoms with van der Waals surface area (Å²) in [7, 11) is -4.66. The van der Waals surface area contributed by atoms with E-state index in [1.54, 1.807) is 0 Å². The lowest BCUT2D eigenvalue weighted by molar-refractivity contribution is -0.154. The molecule has 0 radical (unpaired) electrons. The molecule has 0 fully saturated rings. The van der Waals surface area contributed by atoms with Crippen LogP contribution in [0.15, 0.2) is 0 Å². The first-order valence-corrected chi connectivity index (χ1v) is 29.9. The van der Waals surface area contributed by atoms with Crippen LogP contribution in [0.25, 0.3) is 0 Å². The summed E-state index contributed by atoms with van der Waals surface area (Å²) >= 11 is 0. The third kappa shape index (κ3) is 55.8. The summed E-state index contributed by atoms with van der Waals surface area (Å²) < 4.78 is 27.2. The fourth-order valence-electron chi connectivity index (χ4n) is 8.98. The minimum Gasteiger partial charge on any atom is -0.457 e. The second-order valence-corrected chi connectivity index (χ2v) is 20.9. The van der Waals surface area contributed by atoms with Crippen LogP contribution in [0.4, 0.5) is 0 Å². The average molecular weight is 915 g/mol. The highest BCUT2D eigenvalue weighted by Gasteiger charge is 2.21. The quantitative estimate of drug-likeness (QED) is 0.0356. The Morgan fingerprint density at radius 1 is 0.365 bits per heavy atom. The number of rotatable bonds is 55. The highest BCUT2D eigenvalue weighted by molar-refractivity contribution is 7.46. The van der Waals surface area contributed by atoms with Crippen LogP contribution in [0, 0.1) is 0 Å². The maximum absolute atomic E-state index is 12.5. The molecule has 0 aliphatic carbocycles. The van der Waals surface area contributed by atoms with E-state index < -0.39 is 13.9 Å². The van der Waals surface area contributed by atoms with Crippen LogP contribution in [0.1, 0.15) is 322 Å². The Morgan fingerprint density at radius 2 is 0.603 bits per heavy atom. The van der Waals surface area contributed by atoms with Crippen molar-refractivity contribution in [2.45, 2.75) is 328 Å². The summed E-state index contributed by atoms with van der Waals surface area (Å²) in [6, 6.07) is 0. The first-order chi connectivity index (χ1) is 30.9. The van der Waals surface area contributed by atoms with E-state index in [4.69, 9.17) is 9.47 Å². The Morgan fingerprint density at radius 3 is 0.857 bits per heavy atom. The second kappa shape index (κ2) is 52.5. The SMILES string of the molecule is CCCCCCCCCCCCCCCCCCCCCCCCCCCCCC(=O)O[C@H](COCCCCCCCCCCCCCCCCCCCCCC)COP(=O)(O)O. The fourth-order valence-corrected chi connectivity index (χ4v) is 9.34. The number of hydrogen-bond donors (Lipinski definition) is 2. The van der Waals surface area contributed by atoms with Gasteiger partial charge in [-0.2, -0.15) is 0 Å². The summed E-state index contributed by atoms with van der Waals surface area (Å²) in [4.78, 5) is 30.9. The van der Waals surface area contributed by atoms with Gasteiger partial charge in [0.2, 0.25) is 0 Å². The van der Waals surface area contributed by atoms with E-state index >= 15 is 0 Å². The van der Waals surface area contributed by atoms with Gasteiger partial charge >= 0.3 is 13.8 Å². The van der Waals surface area contributed by atoms with E-state index in [1.165, 1.54) is 270 Å². The number of esters is 1. The molecular weight excluding hydrogens is 804 g/mol. The first kappa shape index (κ1) is 62.5. The molecular formula is C55H111O7P. The molecule has 8 heteroatoms. The molecule has 0 spiro atoms. The predicted molar refractivity (Wildman–Crippen MR) is 272 cm³/mol. The van der Waals surface area contributed by atoms with Crippen LogP contribution in [-0.2, 0) is 23.4 Å². The lowest BCUT2D eigenvalue weighted by Gasteiger charge is -2.18. The predicted octanol–water partition coefficient (Wildman–Crippen LogP) is 18.8. The summed E-state index contributed by atoms with van der Waals surface area (Å²) in [6.07, 6.45) is 62.9. The van der Waals surface area contributed by atoms with E-state index in [0.29, 0.717) is 13.0 Å². The molecule has 0 aromatic carbocycles. The average Bonchev–Trinajstić information content (AvgIpc) is 3.26. The normalized spacial score (nSPS) is 12.4. The van der Waals surface area contributed by atoms with Gasteiger partial charge in [-0.15, -0.1) is 0 Å². The van der Waals surface area contributed by atoms with Gasteiger partial charge in [-0.3, -0.25) is 9.32 Å². The molecule has 0 bridgehead atoms. The summed E-state index contributed by atoms with van der Waals surface area (Å²) in [5, 5.41) is 0. The van der Waals surface area contributed by atoms with Crippen molar-refractivity contribution in [1.82, 2.24) is 0 Å². The molecule has 0 aliphatic heterocycles. The molecule has 63 heavy (non-hydrogen) atoms. The molecule has 2 N–H and O–H groups in total. The lowest BCUT2D eigenvalue weighted by Crippen LogP contribution is -2.28. The van der Waals surface area contributed by atoms with Gasteiger partial charge in [-0.25, -0.2) is 4.57 Å². The third-order valence-corrected chi connectivity index (χ3v) is 13.6. The monoisotopic (exact) mass is 915 g/mol. The molecule has 0 aliphatic rings. The van der Waals surface area contributed by atoms with Crippen molar-refractivity contribution in [1.29, 1.82) is 0 Å². The topological polar surface area (TPSA) is 102 Å². The van der Waals surface area contributed by atoms with Crippen LogP contribution in [-0.4, -0.2) is 41.7 Å². The first-order valence-electron chi connectivity index (χ1n) is 28.4. The van der Waals surface area contributed by atoms with E-state index in [1.807, 2.05) is 0 Å². The Hall–Kier alpha value is -0.460. The number of phosphoric acid groups is 1. The van der Waals surface area contributed by atoms with Crippen LogP contribution >= 0.6 is 7.82 Å². The molecule has 7 nitrogen and oxygen atoms in total. The van der Waals surface area contributed by atoms with Gasteiger partial charge in [0.05, 0.1) is 13.2 Å². The number of ether oxygens (including phenoxy) is 2. The molecule has 0 heterocycles. The molecule has 378 valence electrons. The Balaban J connectivity index is 3.60. The van der Waals surface area contributed by atoms with Gasteiger partial charge in [-0.1, -0.05) is 303 Å². The van der Waals surface area contributed by atoms with Gasteiger partial charge in [-0.05, 0) is 12.8 Å². The zero-order chi connectivity index (χ0) is 45.8. The van der Waals surface area contributed by atoms with Crippen molar-refractivity contribution >= 4 is 13.8 Å². The molecule has 0 aromatic heterocycles. The summed E-state index contributed by atoms with van der Waals surface area (Å²) in [5.74, 6) is -0.351. The maximum Gasteiger partial charge on any atom is 0.469 e. The van der Waals surface area contributed by atoms with Crippen molar-refractivity contribution in [2.24, 2.45) is 0 Å².